The predicted octanol–water partition coefficient (Wildman–Crippen LogP) is 4.17. The summed E-state index contributed by atoms with van der Waals surface area (Å²) in [6, 6.07) is 8.19. The van der Waals surface area contributed by atoms with Crippen molar-refractivity contribution in [1.29, 1.82) is 0 Å². The summed E-state index contributed by atoms with van der Waals surface area (Å²) in [7, 11) is 0. The van der Waals surface area contributed by atoms with Crippen molar-refractivity contribution in [2.45, 2.75) is 51.5 Å². The van der Waals surface area contributed by atoms with E-state index < -0.39 is 0 Å². The Hall–Kier alpha value is -1.06. The summed E-state index contributed by atoms with van der Waals surface area (Å²) in [6.07, 6.45) is 6.52. The van der Waals surface area contributed by atoms with Gasteiger partial charge >= 0.3 is 0 Å². The summed E-state index contributed by atoms with van der Waals surface area (Å²) >= 11 is 6.42. The molecule has 0 saturated carbocycles. The molecular formula is C18H27ClN2O. The molecule has 0 aliphatic carbocycles. The molecule has 1 saturated heterocycles. The van der Waals surface area contributed by atoms with Crippen molar-refractivity contribution in [2.75, 3.05) is 19.6 Å². The van der Waals surface area contributed by atoms with Crippen molar-refractivity contribution in [2.24, 2.45) is 0 Å². The Morgan fingerprint density at radius 2 is 1.91 bits per heavy atom. The Morgan fingerprint density at radius 1 is 1.23 bits per heavy atom. The van der Waals surface area contributed by atoms with Crippen LogP contribution in [-0.2, 0) is 4.79 Å². The first kappa shape index (κ1) is 17.3. The monoisotopic (exact) mass is 322 g/mol. The molecule has 22 heavy (non-hydrogen) atoms. The first-order valence-corrected chi connectivity index (χ1v) is 8.85. The summed E-state index contributed by atoms with van der Waals surface area (Å²) in [5, 5.41) is 3.88. The Balaban J connectivity index is 2.12. The average Bonchev–Trinajstić information content (AvgIpc) is 2.79. The highest BCUT2D eigenvalue weighted by Crippen LogP contribution is 2.29. The summed E-state index contributed by atoms with van der Waals surface area (Å²) in [6.45, 7) is 4.83. The molecule has 0 radical (unpaired) electrons. The Kier molecular flexibility index (Phi) is 7.20. The minimum Gasteiger partial charge on any atom is -0.354 e. The second-order valence-corrected chi connectivity index (χ2v) is 6.45. The smallest absolute Gasteiger partial charge is 0.220 e. The summed E-state index contributed by atoms with van der Waals surface area (Å²) in [5.74, 6) is 0.134. The van der Waals surface area contributed by atoms with E-state index in [4.69, 9.17) is 11.6 Å². The number of carbonyl (C=O) groups is 1. The molecule has 0 spiro atoms. The summed E-state index contributed by atoms with van der Waals surface area (Å²) < 4.78 is 0. The normalized spacial score (nSPS) is 17.7. The van der Waals surface area contributed by atoms with Crippen molar-refractivity contribution in [3.8, 4) is 0 Å². The van der Waals surface area contributed by atoms with E-state index in [0.717, 1.165) is 30.1 Å². The van der Waals surface area contributed by atoms with Gasteiger partial charge in [0.05, 0.1) is 6.04 Å². The van der Waals surface area contributed by atoms with Gasteiger partial charge in [-0.25, -0.2) is 0 Å². The molecular weight excluding hydrogens is 296 g/mol. The fraction of sp³-hybridized carbons (Fsp3) is 0.611. The largest absolute Gasteiger partial charge is 0.354 e. The quantitative estimate of drug-likeness (QED) is 0.852. The Morgan fingerprint density at radius 3 is 2.55 bits per heavy atom. The fourth-order valence-electron chi connectivity index (χ4n) is 3.11. The number of likely N-dealkylation sites (tertiary alicyclic amines) is 1. The van der Waals surface area contributed by atoms with Gasteiger partial charge in [-0.1, -0.05) is 49.6 Å². The second kappa shape index (κ2) is 9.16. The number of rotatable bonds is 6. The Bertz CT molecular complexity index is 470. The van der Waals surface area contributed by atoms with Crippen LogP contribution in [0, 0.1) is 0 Å². The maximum atomic E-state index is 11.9. The van der Waals surface area contributed by atoms with Crippen LogP contribution < -0.4 is 5.32 Å². The lowest BCUT2D eigenvalue weighted by Crippen LogP contribution is -2.38. The van der Waals surface area contributed by atoms with Crippen LogP contribution in [0.4, 0.5) is 0 Å². The van der Waals surface area contributed by atoms with Crippen LogP contribution in [0.2, 0.25) is 5.02 Å². The maximum absolute atomic E-state index is 11.9. The molecule has 1 aliphatic heterocycles. The van der Waals surface area contributed by atoms with Crippen LogP contribution in [0.1, 0.15) is 57.1 Å². The number of benzene rings is 1. The number of nitrogens with zero attached hydrogens (tertiary/aromatic N) is 1. The molecule has 1 atom stereocenters. The van der Waals surface area contributed by atoms with E-state index in [0.29, 0.717) is 13.0 Å². The minimum atomic E-state index is 0.134. The molecule has 1 amide bonds. The molecule has 1 N–H and O–H groups in total. The highest BCUT2D eigenvalue weighted by atomic mass is 35.5. The summed E-state index contributed by atoms with van der Waals surface area (Å²) in [4.78, 5) is 14.3. The van der Waals surface area contributed by atoms with E-state index in [-0.39, 0.29) is 11.9 Å². The molecule has 2 rings (SSSR count). The fourth-order valence-corrected chi connectivity index (χ4v) is 3.38. The van der Waals surface area contributed by atoms with Gasteiger partial charge in [-0.3, -0.25) is 9.69 Å². The van der Waals surface area contributed by atoms with Gasteiger partial charge in [0.2, 0.25) is 5.91 Å². The Labute approximate surface area is 139 Å². The van der Waals surface area contributed by atoms with E-state index >= 15 is 0 Å². The van der Waals surface area contributed by atoms with Gasteiger partial charge in [0.1, 0.15) is 0 Å². The molecule has 0 bridgehead atoms. The van der Waals surface area contributed by atoms with Crippen LogP contribution in [0.25, 0.3) is 0 Å². The zero-order valence-electron chi connectivity index (χ0n) is 13.5. The van der Waals surface area contributed by atoms with Gasteiger partial charge in [0.15, 0.2) is 0 Å². The lowest BCUT2D eigenvalue weighted by Gasteiger charge is -2.31. The minimum absolute atomic E-state index is 0.134. The van der Waals surface area contributed by atoms with Crippen LogP contribution >= 0.6 is 11.6 Å². The molecule has 0 aromatic heterocycles. The molecule has 4 heteroatoms. The lowest BCUT2D eigenvalue weighted by molar-refractivity contribution is -0.121. The number of amides is 1. The zero-order chi connectivity index (χ0) is 15.8. The van der Waals surface area contributed by atoms with Crippen molar-refractivity contribution < 1.29 is 4.79 Å². The van der Waals surface area contributed by atoms with E-state index in [1.165, 1.54) is 25.7 Å². The highest BCUT2D eigenvalue weighted by molar-refractivity contribution is 6.31. The number of halogens is 1. The standard InChI is InChI=1S/C18H27ClN2O/c1-2-9-18(22)20-14-17(15-10-5-6-11-16(15)19)21-12-7-3-4-8-13-21/h5-6,10-11,17H,2-4,7-9,12-14H2,1H3,(H,20,22)/t17-/m1/s1. The summed E-state index contributed by atoms with van der Waals surface area (Å²) in [5.41, 5.74) is 1.13. The second-order valence-electron chi connectivity index (χ2n) is 6.04. The van der Waals surface area contributed by atoms with Gasteiger partial charge in [0, 0.05) is 18.0 Å². The van der Waals surface area contributed by atoms with Crippen molar-refractivity contribution in [3.63, 3.8) is 0 Å². The van der Waals surface area contributed by atoms with Crippen LogP contribution in [0.15, 0.2) is 24.3 Å². The SMILES string of the molecule is CCCC(=O)NC[C@H](c1ccccc1Cl)N1CCCCCC1. The van der Waals surface area contributed by atoms with Crippen molar-refractivity contribution in [1.82, 2.24) is 10.2 Å². The first-order chi connectivity index (χ1) is 10.7. The lowest BCUT2D eigenvalue weighted by atomic mass is 10.0. The maximum Gasteiger partial charge on any atom is 0.220 e. The molecule has 1 aliphatic rings. The van der Waals surface area contributed by atoms with Gasteiger partial charge in [-0.15, -0.1) is 0 Å². The molecule has 1 fully saturated rings. The van der Waals surface area contributed by atoms with Crippen LogP contribution in [-0.4, -0.2) is 30.4 Å². The van der Waals surface area contributed by atoms with Gasteiger partial charge in [-0.05, 0) is 44.0 Å². The molecule has 1 heterocycles. The topological polar surface area (TPSA) is 32.3 Å². The van der Waals surface area contributed by atoms with Gasteiger partial charge in [0.25, 0.3) is 0 Å². The molecule has 3 nitrogen and oxygen atoms in total. The third-order valence-corrected chi connectivity index (χ3v) is 4.66. The number of hydrogen-bond acceptors (Lipinski definition) is 2. The molecule has 1 aromatic carbocycles. The molecule has 122 valence electrons. The third kappa shape index (κ3) is 4.99. The van der Waals surface area contributed by atoms with E-state index in [1.807, 2.05) is 25.1 Å². The molecule has 0 unspecified atom stereocenters. The third-order valence-electron chi connectivity index (χ3n) is 4.32. The van der Waals surface area contributed by atoms with E-state index in [2.05, 4.69) is 16.3 Å². The first-order valence-electron chi connectivity index (χ1n) is 8.47. The van der Waals surface area contributed by atoms with Gasteiger partial charge < -0.3 is 5.32 Å². The van der Waals surface area contributed by atoms with Crippen molar-refractivity contribution in [3.05, 3.63) is 34.9 Å². The molecule has 1 aromatic rings. The average molecular weight is 323 g/mol. The van der Waals surface area contributed by atoms with E-state index in [1.54, 1.807) is 0 Å². The van der Waals surface area contributed by atoms with E-state index in [9.17, 15) is 4.79 Å². The zero-order valence-corrected chi connectivity index (χ0v) is 14.2. The number of hydrogen-bond donors (Lipinski definition) is 1. The number of nitrogens with one attached hydrogen (secondary N) is 1. The van der Waals surface area contributed by atoms with Crippen molar-refractivity contribution >= 4 is 17.5 Å². The number of carbonyl (C=O) groups excluding carboxylic acids is 1. The highest BCUT2D eigenvalue weighted by Gasteiger charge is 2.23. The predicted molar refractivity (Wildman–Crippen MR) is 92.2 cm³/mol. The van der Waals surface area contributed by atoms with Crippen LogP contribution in [0.3, 0.4) is 0 Å². The van der Waals surface area contributed by atoms with Crippen LogP contribution in [0.5, 0.6) is 0 Å². The van der Waals surface area contributed by atoms with Gasteiger partial charge in [-0.2, -0.15) is 0 Å².